The molecule has 7 nitrogen and oxygen atoms in total. The lowest BCUT2D eigenvalue weighted by Crippen LogP contribution is -2.28. The van der Waals surface area contributed by atoms with E-state index in [1.54, 1.807) is 12.1 Å². The zero-order valence-electron chi connectivity index (χ0n) is 17.5. The highest BCUT2D eigenvalue weighted by Crippen LogP contribution is 2.38. The van der Waals surface area contributed by atoms with Gasteiger partial charge in [0, 0.05) is 23.5 Å². The molecule has 1 aliphatic heterocycles. The fourth-order valence-corrected chi connectivity index (χ4v) is 7.04. The second kappa shape index (κ2) is 9.10. The number of aryl methyl sites for hydroxylation is 1. The molecule has 1 aromatic carbocycles. The molecule has 31 heavy (non-hydrogen) atoms. The summed E-state index contributed by atoms with van der Waals surface area (Å²) in [7, 11) is -2.28. The molecular formula is C22H26N2O5S2. The van der Waals surface area contributed by atoms with Crippen molar-refractivity contribution in [1.29, 1.82) is 0 Å². The van der Waals surface area contributed by atoms with Gasteiger partial charge in [0.25, 0.3) is 5.91 Å². The van der Waals surface area contributed by atoms with Gasteiger partial charge in [0.15, 0.2) is 0 Å². The van der Waals surface area contributed by atoms with E-state index in [1.165, 1.54) is 34.9 Å². The molecule has 2 aliphatic rings. The third-order valence-corrected chi connectivity index (χ3v) is 8.94. The minimum absolute atomic E-state index is 0.109. The maximum atomic E-state index is 13.0. The van der Waals surface area contributed by atoms with Gasteiger partial charge in [0.2, 0.25) is 10.0 Å². The van der Waals surface area contributed by atoms with Crippen LogP contribution < -0.4 is 5.32 Å². The number of ether oxygens (including phenoxy) is 1. The van der Waals surface area contributed by atoms with Crippen molar-refractivity contribution in [3.63, 3.8) is 0 Å². The van der Waals surface area contributed by atoms with Gasteiger partial charge in [-0.2, -0.15) is 4.31 Å². The number of carbonyl (C=O) groups is 2. The number of carbonyl (C=O) groups excluding carboxylic acids is 2. The summed E-state index contributed by atoms with van der Waals surface area (Å²) in [5.41, 5.74) is 1.63. The third-order valence-electron chi connectivity index (χ3n) is 5.84. The van der Waals surface area contributed by atoms with E-state index in [0.29, 0.717) is 23.7 Å². The topological polar surface area (TPSA) is 92.8 Å². The van der Waals surface area contributed by atoms with Gasteiger partial charge in [0.05, 0.1) is 17.6 Å². The molecule has 1 aromatic heterocycles. The fourth-order valence-electron chi connectivity index (χ4n) is 4.20. The molecule has 166 valence electrons. The van der Waals surface area contributed by atoms with E-state index in [0.717, 1.165) is 55.4 Å². The standard InChI is InChI=1S/C22H26N2O5S2/c1-29-22(26)19-17-10-3-2-4-11-18(17)30-21(19)23-20(25)15-8-7-9-16(14-15)31(27,28)24-12-5-6-13-24/h7-9,14H,2-6,10-13H2,1H3,(H,23,25). The number of rotatable bonds is 5. The van der Waals surface area contributed by atoms with Crippen LogP contribution in [0.2, 0.25) is 0 Å². The fraction of sp³-hybridized carbons (Fsp3) is 0.455. The average molecular weight is 463 g/mol. The van der Waals surface area contributed by atoms with Gasteiger partial charge in [0.1, 0.15) is 5.00 Å². The quantitative estimate of drug-likeness (QED) is 0.538. The number of benzene rings is 1. The maximum Gasteiger partial charge on any atom is 0.341 e. The molecule has 1 N–H and O–H groups in total. The lowest BCUT2D eigenvalue weighted by Gasteiger charge is -2.16. The van der Waals surface area contributed by atoms with Gasteiger partial charge in [-0.1, -0.05) is 12.5 Å². The predicted octanol–water partition coefficient (Wildman–Crippen LogP) is 3.84. The van der Waals surface area contributed by atoms with E-state index in [-0.39, 0.29) is 10.5 Å². The highest BCUT2D eigenvalue weighted by molar-refractivity contribution is 7.89. The van der Waals surface area contributed by atoms with Crippen molar-refractivity contribution in [3.05, 3.63) is 45.8 Å². The zero-order valence-corrected chi connectivity index (χ0v) is 19.1. The molecule has 0 saturated carbocycles. The monoisotopic (exact) mass is 462 g/mol. The van der Waals surface area contributed by atoms with Gasteiger partial charge in [-0.25, -0.2) is 13.2 Å². The third kappa shape index (κ3) is 4.40. The van der Waals surface area contributed by atoms with Crippen molar-refractivity contribution in [2.45, 2.75) is 49.8 Å². The lowest BCUT2D eigenvalue weighted by atomic mass is 10.1. The van der Waals surface area contributed by atoms with Crippen LogP contribution >= 0.6 is 11.3 Å². The van der Waals surface area contributed by atoms with E-state index < -0.39 is 21.9 Å². The van der Waals surface area contributed by atoms with Crippen LogP contribution in [0.3, 0.4) is 0 Å². The van der Waals surface area contributed by atoms with Crippen LogP contribution in [-0.2, 0) is 27.6 Å². The highest BCUT2D eigenvalue weighted by Gasteiger charge is 2.29. The van der Waals surface area contributed by atoms with Crippen LogP contribution in [0, 0.1) is 0 Å². The average Bonchev–Trinajstić information content (AvgIpc) is 3.37. The van der Waals surface area contributed by atoms with E-state index in [2.05, 4.69) is 5.32 Å². The number of esters is 1. The number of anilines is 1. The molecule has 2 heterocycles. The Morgan fingerprint density at radius 2 is 1.81 bits per heavy atom. The SMILES string of the molecule is COC(=O)c1c(NC(=O)c2cccc(S(=O)(=O)N3CCCC3)c2)sc2c1CCCCC2. The van der Waals surface area contributed by atoms with Gasteiger partial charge in [-0.15, -0.1) is 11.3 Å². The summed E-state index contributed by atoms with van der Waals surface area (Å²) in [5, 5.41) is 3.31. The number of methoxy groups -OCH3 is 1. The van der Waals surface area contributed by atoms with Crippen molar-refractivity contribution < 1.29 is 22.7 Å². The summed E-state index contributed by atoms with van der Waals surface area (Å²) in [6.45, 7) is 1.00. The molecule has 9 heteroatoms. The smallest absolute Gasteiger partial charge is 0.341 e. The van der Waals surface area contributed by atoms with Crippen molar-refractivity contribution in [2.75, 3.05) is 25.5 Å². The minimum atomic E-state index is -3.62. The van der Waals surface area contributed by atoms with Crippen molar-refractivity contribution in [1.82, 2.24) is 4.31 Å². The Morgan fingerprint density at radius 1 is 1.06 bits per heavy atom. The van der Waals surface area contributed by atoms with Crippen LogP contribution in [-0.4, -0.2) is 44.8 Å². The summed E-state index contributed by atoms with van der Waals surface area (Å²) in [6, 6.07) is 6.06. The molecule has 1 saturated heterocycles. The van der Waals surface area contributed by atoms with E-state index >= 15 is 0 Å². The first kappa shape index (κ1) is 22.0. The minimum Gasteiger partial charge on any atom is -0.465 e. The number of fused-ring (bicyclic) bond motifs is 1. The highest BCUT2D eigenvalue weighted by atomic mass is 32.2. The molecule has 0 radical (unpaired) electrons. The molecular weight excluding hydrogens is 436 g/mol. The Morgan fingerprint density at radius 3 is 2.55 bits per heavy atom. The van der Waals surface area contributed by atoms with E-state index in [4.69, 9.17) is 4.74 Å². The first-order valence-electron chi connectivity index (χ1n) is 10.6. The summed E-state index contributed by atoms with van der Waals surface area (Å²) < 4.78 is 32.1. The predicted molar refractivity (Wildman–Crippen MR) is 119 cm³/mol. The number of amides is 1. The Kier molecular flexibility index (Phi) is 6.45. The van der Waals surface area contributed by atoms with E-state index in [1.807, 2.05) is 0 Å². The van der Waals surface area contributed by atoms with E-state index in [9.17, 15) is 18.0 Å². The summed E-state index contributed by atoms with van der Waals surface area (Å²) in [5.74, 6) is -0.903. The lowest BCUT2D eigenvalue weighted by molar-refractivity contribution is 0.0601. The van der Waals surface area contributed by atoms with Crippen LogP contribution in [0.5, 0.6) is 0 Å². The van der Waals surface area contributed by atoms with Crippen molar-refractivity contribution in [2.24, 2.45) is 0 Å². The molecule has 0 spiro atoms. The first-order chi connectivity index (χ1) is 14.9. The Balaban J connectivity index is 1.63. The van der Waals surface area contributed by atoms with Gasteiger partial charge in [-0.3, -0.25) is 4.79 Å². The Labute approximate surface area is 186 Å². The summed E-state index contributed by atoms with van der Waals surface area (Å²) >= 11 is 1.41. The van der Waals surface area contributed by atoms with Crippen molar-refractivity contribution in [3.8, 4) is 0 Å². The van der Waals surface area contributed by atoms with Crippen LogP contribution in [0.4, 0.5) is 5.00 Å². The second-order valence-electron chi connectivity index (χ2n) is 7.85. The largest absolute Gasteiger partial charge is 0.465 e. The number of nitrogens with one attached hydrogen (secondary N) is 1. The van der Waals surface area contributed by atoms with Crippen LogP contribution in [0.15, 0.2) is 29.2 Å². The molecule has 1 aliphatic carbocycles. The molecule has 1 amide bonds. The van der Waals surface area contributed by atoms with Crippen LogP contribution in [0.1, 0.15) is 63.3 Å². The van der Waals surface area contributed by atoms with Crippen LogP contribution in [0.25, 0.3) is 0 Å². The molecule has 0 atom stereocenters. The number of nitrogens with zero attached hydrogens (tertiary/aromatic N) is 1. The molecule has 1 fully saturated rings. The normalized spacial score (nSPS) is 17.1. The second-order valence-corrected chi connectivity index (χ2v) is 10.9. The molecule has 0 unspecified atom stereocenters. The molecule has 2 aromatic rings. The summed E-state index contributed by atoms with van der Waals surface area (Å²) in [6.07, 6.45) is 6.52. The van der Waals surface area contributed by atoms with Gasteiger partial charge < -0.3 is 10.1 Å². The molecule has 4 rings (SSSR count). The van der Waals surface area contributed by atoms with Gasteiger partial charge >= 0.3 is 5.97 Å². The number of thiophene rings is 1. The number of sulfonamides is 1. The maximum absolute atomic E-state index is 13.0. The number of hydrogen-bond acceptors (Lipinski definition) is 6. The Hall–Kier alpha value is -2.23. The Bertz CT molecular complexity index is 1100. The first-order valence-corrected chi connectivity index (χ1v) is 12.8. The zero-order chi connectivity index (χ0) is 22.0. The molecule has 0 bridgehead atoms. The van der Waals surface area contributed by atoms with Gasteiger partial charge in [-0.05, 0) is 62.3 Å². The number of hydrogen-bond donors (Lipinski definition) is 1. The van der Waals surface area contributed by atoms with Crippen molar-refractivity contribution >= 4 is 38.2 Å². The summed E-state index contributed by atoms with van der Waals surface area (Å²) in [4.78, 5) is 26.7.